The third-order valence-corrected chi connectivity index (χ3v) is 9.87. The van der Waals surface area contributed by atoms with Crippen LogP contribution in [-0.2, 0) is 14.3 Å². The van der Waals surface area contributed by atoms with Crippen LogP contribution in [0, 0.1) is 47.3 Å². The Balaban J connectivity index is 1.71. The first kappa shape index (κ1) is 27.2. The number of aliphatic hydroxyl groups is 2. The minimum atomic E-state index is -1.74. The van der Waals surface area contributed by atoms with Crippen molar-refractivity contribution in [1.82, 2.24) is 5.32 Å². The molecule has 4 rings (SSSR count). The number of hydrogen-bond acceptors (Lipinski definition) is 6. The predicted molar refractivity (Wildman–Crippen MR) is 137 cm³/mol. The van der Waals surface area contributed by atoms with Gasteiger partial charge >= 0.3 is 12.1 Å². The Morgan fingerprint density at radius 1 is 1.22 bits per heavy atom. The fourth-order valence-electron chi connectivity index (χ4n) is 8.32. The Kier molecular flexibility index (Phi) is 7.39. The van der Waals surface area contributed by atoms with Gasteiger partial charge in [-0.1, -0.05) is 39.0 Å². The summed E-state index contributed by atoms with van der Waals surface area (Å²) in [5.41, 5.74) is 0.0758. The van der Waals surface area contributed by atoms with Gasteiger partial charge in [0.25, 0.3) is 0 Å². The monoisotopic (exact) mass is 503 g/mol. The number of aliphatic hydroxyl groups excluding tert-OH is 1. The molecule has 11 atom stereocenters. The number of fused-ring (bicyclic) bond motifs is 3. The molecule has 2 saturated carbocycles. The lowest BCUT2D eigenvalue weighted by Gasteiger charge is -2.54. The van der Waals surface area contributed by atoms with E-state index >= 15 is 0 Å². The molecule has 3 aliphatic carbocycles. The zero-order chi connectivity index (χ0) is 26.7. The Morgan fingerprint density at radius 2 is 1.89 bits per heavy atom. The molecular weight excluding hydrogens is 458 g/mol. The van der Waals surface area contributed by atoms with Gasteiger partial charge in [-0.2, -0.15) is 0 Å². The van der Waals surface area contributed by atoms with Crippen LogP contribution in [0.3, 0.4) is 0 Å². The quantitative estimate of drug-likeness (QED) is 0.393. The maximum atomic E-state index is 12.5. The molecule has 0 aromatic rings. The van der Waals surface area contributed by atoms with Gasteiger partial charge in [-0.3, -0.25) is 0 Å². The fraction of sp³-hybridized carbons (Fsp3) is 0.793. The lowest BCUT2D eigenvalue weighted by atomic mass is 9.54. The Morgan fingerprint density at radius 3 is 2.50 bits per heavy atom. The average Bonchev–Trinajstić information content (AvgIpc) is 3.13. The molecule has 3 N–H and O–H groups in total. The number of ether oxygens (including phenoxy) is 2. The molecule has 11 unspecified atom stereocenters. The van der Waals surface area contributed by atoms with Gasteiger partial charge in [0.05, 0.1) is 0 Å². The van der Waals surface area contributed by atoms with E-state index in [4.69, 9.17) is 9.47 Å². The van der Waals surface area contributed by atoms with Gasteiger partial charge in [-0.25, -0.2) is 9.59 Å². The highest BCUT2D eigenvalue weighted by atomic mass is 16.6. The fourth-order valence-corrected chi connectivity index (χ4v) is 8.32. The van der Waals surface area contributed by atoms with Gasteiger partial charge in [0.2, 0.25) is 0 Å². The molecule has 0 radical (unpaired) electrons. The first-order chi connectivity index (χ1) is 16.8. The largest absolute Gasteiger partial charge is 0.460 e. The summed E-state index contributed by atoms with van der Waals surface area (Å²) in [6.45, 7) is 18.8. The van der Waals surface area contributed by atoms with Gasteiger partial charge in [-0.05, 0) is 88.0 Å². The number of carbonyl (C=O) groups excluding carboxylic acids is 2. The molecule has 0 aromatic heterocycles. The summed E-state index contributed by atoms with van der Waals surface area (Å²) in [5, 5.41) is 25.8. The van der Waals surface area contributed by atoms with E-state index in [1.54, 1.807) is 6.92 Å². The molecular formula is C29H45NO6. The molecule has 4 aliphatic rings. The number of amides is 1. The van der Waals surface area contributed by atoms with Crippen molar-refractivity contribution in [3.63, 3.8) is 0 Å². The van der Waals surface area contributed by atoms with Crippen molar-refractivity contribution in [3.05, 3.63) is 23.8 Å². The van der Waals surface area contributed by atoms with Crippen molar-refractivity contribution in [2.75, 3.05) is 0 Å². The molecule has 1 amide bonds. The Bertz CT molecular complexity index is 927. The number of rotatable bonds is 3. The summed E-state index contributed by atoms with van der Waals surface area (Å²) in [5.74, 6) is 0.229. The summed E-state index contributed by atoms with van der Waals surface area (Å²) in [6, 6.07) is 0.00813. The number of alkyl carbamates (subject to hydrolysis) is 1. The predicted octanol–water partition coefficient (Wildman–Crippen LogP) is 4.23. The van der Waals surface area contributed by atoms with Crippen LogP contribution in [0.1, 0.15) is 67.7 Å². The maximum Gasteiger partial charge on any atom is 0.407 e. The van der Waals surface area contributed by atoms with Crippen LogP contribution in [0.25, 0.3) is 0 Å². The van der Waals surface area contributed by atoms with E-state index in [0.29, 0.717) is 23.8 Å². The lowest BCUT2D eigenvalue weighted by Crippen LogP contribution is -2.64. The first-order valence-corrected chi connectivity index (χ1v) is 13.7. The number of hydrogen-bond donors (Lipinski definition) is 3. The molecule has 1 heterocycles. The van der Waals surface area contributed by atoms with Gasteiger partial charge in [0.15, 0.2) is 6.10 Å². The number of cyclic esters (lactones) is 1. The van der Waals surface area contributed by atoms with E-state index in [1.165, 1.54) is 5.57 Å². The van der Waals surface area contributed by atoms with Crippen LogP contribution in [-0.4, -0.2) is 52.2 Å². The molecule has 202 valence electrons. The summed E-state index contributed by atoms with van der Waals surface area (Å²) >= 11 is 0. The molecule has 0 spiro atoms. The molecule has 1 saturated heterocycles. The van der Waals surface area contributed by atoms with E-state index in [1.807, 2.05) is 13.8 Å². The molecule has 36 heavy (non-hydrogen) atoms. The van der Waals surface area contributed by atoms with Crippen LogP contribution in [0.5, 0.6) is 0 Å². The second-order valence-corrected chi connectivity index (χ2v) is 12.5. The molecule has 0 aromatic carbocycles. The van der Waals surface area contributed by atoms with Gasteiger partial charge in [0, 0.05) is 17.9 Å². The molecule has 0 bridgehead atoms. The first-order valence-electron chi connectivity index (χ1n) is 13.7. The third-order valence-electron chi connectivity index (χ3n) is 9.87. The van der Waals surface area contributed by atoms with Crippen molar-refractivity contribution in [2.24, 2.45) is 47.3 Å². The van der Waals surface area contributed by atoms with Gasteiger partial charge < -0.3 is 25.0 Å². The van der Waals surface area contributed by atoms with Crippen molar-refractivity contribution < 1.29 is 29.3 Å². The zero-order valence-electron chi connectivity index (χ0n) is 22.9. The summed E-state index contributed by atoms with van der Waals surface area (Å²) < 4.78 is 11.4. The summed E-state index contributed by atoms with van der Waals surface area (Å²) in [7, 11) is 0. The number of carbonyl (C=O) groups is 2. The van der Waals surface area contributed by atoms with Crippen LogP contribution >= 0.6 is 0 Å². The van der Waals surface area contributed by atoms with Crippen LogP contribution < -0.4 is 5.32 Å². The van der Waals surface area contributed by atoms with E-state index in [9.17, 15) is 19.8 Å². The van der Waals surface area contributed by atoms with Crippen LogP contribution in [0.2, 0.25) is 0 Å². The Hall–Kier alpha value is -1.86. The molecule has 7 heteroatoms. The van der Waals surface area contributed by atoms with Crippen molar-refractivity contribution in [3.8, 4) is 0 Å². The highest BCUT2D eigenvalue weighted by Gasteiger charge is 2.61. The van der Waals surface area contributed by atoms with Crippen molar-refractivity contribution >= 4 is 12.1 Å². The topological polar surface area (TPSA) is 105 Å². The number of esters is 1. The van der Waals surface area contributed by atoms with E-state index < -0.39 is 29.7 Å². The standard InChI is InChI=1S/C29H45NO6/c1-13(2)24-21-11-20-17(7)29(34)22(18(8)35-27(32)26(29)31)10-9-15(5)25(20)16(6)19(21)12-23(24)36-28(33)30-14(3)4/h9,13-14,16,18-26,31,34H,7,10-12H2,1-6,8H3,(H,30,33)/b15-9-. The van der Waals surface area contributed by atoms with E-state index in [0.717, 1.165) is 12.8 Å². The molecule has 3 fully saturated rings. The van der Waals surface area contributed by atoms with Crippen LogP contribution in [0.4, 0.5) is 4.79 Å². The van der Waals surface area contributed by atoms with Gasteiger partial charge in [-0.15, -0.1) is 0 Å². The maximum absolute atomic E-state index is 12.5. The molecule has 1 aliphatic heterocycles. The highest BCUT2D eigenvalue weighted by Crippen LogP contribution is 2.60. The third kappa shape index (κ3) is 4.30. The highest BCUT2D eigenvalue weighted by molar-refractivity contribution is 5.78. The van der Waals surface area contributed by atoms with Crippen molar-refractivity contribution in [2.45, 2.75) is 97.7 Å². The number of nitrogens with one attached hydrogen (secondary N) is 1. The summed E-state index contributed by atoms with van der Waals surface area (Å²) in [4.78, 5) is 25.0. The summed E-state index contributed by atoms with van der Waals surface area (Å²) in [6.07, 6.45) is 1.56. The minimum Gasteiger partial charge on any atom is -0.460 e. The second kappa shape index (κ2) is 9.79. The molecule has 7 nitrogen and oxygen atoms in total. The smallest absolute Gasteiger partial charge is 0.407 e. The average molecular weight is 504 g/mol. The Labute approximate surface area is 215 Å². The second-order valence-electron chi connectivity index (χ2n) is 12.5. The number of allylic oxidation sites excluding steroid dienone is 2. The zero-order valence-corrected chi connectivity index (χ0v) is 22.9. The van der Waals surface area contributed by atoms with E-state index in [2.05, 4.69) is 45.7 Å². The van der Waals surface area contributed by atoms with E-state index in [-0.39, 0.29) is 47.8 Å². The normalized spacial score (nSPS) is 46.0. The minimum absolute atomic E-state index is 0.00813. The van der Waals surface area contributed by atoms with Gasteiger partial charge in [0.1, 0.15) is 17.8 Å². The lowest BCUT2D eigenvalue weighted by molar-refractivity contribution is -0.209. The van der Waals surface area contributed by atoms with Crippen molar-refractivity contribution in [1.29, 1.82) is 0 Å². The van der Waals surface area contributed by atoms with Crippen LogP contribution in [0.15, 0.2) is 23.8 Å². The SMILES string of the molecule is C=C1C2CC3C(CC(OC(=O)NC(C)C)C3C(C)C)C(C)C2/C(C)=C\CC2C(C)OC(=O)C(O)C12O.